The van der Waals surface area contributed by atoms with Crippen molar-refractivity contribution in [3.05, 3.63) is 45.4 Å². The highest BCUT2D eigenvalue weighted by Crippen LogP contribution is 2.29. The molecule has 0 aliphatic heterocycles. The van der Waals surface area contributed by atoms with Gasteiger partial charge in [0.25, 0.3) is 0 Å². The molecule has 0 heterocycles. The lowest BCUT2D eigenvalue weighted by atomic mass is 9.98. The van der Waals surface area contributed by atoms with E-state index >= 15 is 0 Å². The van der Waals surface area contributed by atoms with Gasteiger partial charge in [0.1, 0.15) is 0 Å². The van der Waals surface area contributed by atoms with Gasteiger partial charge in [-0.15, -0.1) is 0 Å². The minimum atomic E-state index is 0.308. The van der Waals surface area contributed by atoms with Gasteiger partial charge in [-0.25, -0.2) is 0 Å². The van der Waals surface area contributed by atoms with Gasteiger partial charge in [-0.2, -0.15) is 0 Å². The van der Waals surface area contributed by atoms with Crippen LogP contribution in [0.2, 0.25) is 5.02 Å². The Bertz CT molecular complexity index is 403. The van der Waals surface area contributed by atoms with E-state index in [9.17, 15) is 0 Å². The molecule has 0 aliphatic carbocycles. The predicted octanol–water partition coefficient (Wildman–Crippen LogP) is 5.50. The zero-order chi connectivity index (χ0) is 13.5. The molecular weight excluding hydrogens is 310 g/mol. The molecule has 0 aromatic heterocycles. The van der Waals surface area contributed by atoms with Gasteiger partial charge in [-0.3, -0.25) is 0 Å². The lowest BCUT2D eigenvalue weighted by Gasteiger charge is -2.20. The number of rotatable bonds is 7. The molecule has 0 amide bonds. The number of nitrogens with one attached hydrogen (secondary N) is 1. The Kier molecular flexibility index (Phi) is 6.98. The molecular formula is C15H21BrClN. The van der Waals surface area contributed by atoms with Gasteiger partial charge >= 0.3 is 0 Å². The van der Waals surface area contributed by atoms with Crippen LogP contribution in [0.25, 0.3) is 0 Å². The Morgan fingerprint density at radius 1 is 1.44 bits per heavy atom. The van der Waals surface area contributed by atoms with Crippen LogP contribution < -0.4 is 5.32 Å². The Morgan fingerprint density at radius 2 is 2.17 bits per heavy atom. The summed E-state index contributed by atoms with van der Waals surface area (Å²) in [6.45, 7) is 9.43. The Morgan fingerprint density at radius 3 is 2.72 bits per heavy atom. The molecule has 18 heavy (non-hydrogen) atoms. The molecule has 0 spiro atoms. The van der Waals surface area contributed by atoms with Crippen molar-refractivity contribution in [1.82, 2.24) is 5.32 Å². The normalized spacial score (nSPS) is 12.4. The van der Waals surface area contributed by atoms with Gasteiger partial charge in [0.2, 0.25) is 0 Å². The van der Waals surface area contributed by atoms with E-state index in [0.717, 1.165) is 35.3 Å². The SMILES string of the molecule is C=C(CC)CC(NCCC)c1ccc(Br)c(Cl)c1. The minimum absolute atomic E-state index is 0.308. The van der Waals surface area contributed by atoms with Crippen LogP contribution in [0.4, 0.5) is 0 Å². The van der Waals surface area contributed by atoms with Gasteiger partial charge in [0.15, 0.2) is 0 Å². The van der Waals surface area contributed by atoms with Crippen molar-refractivity contribution in [2.45, 2.75) is 39.2 Å². The van der Waals surface area contributed by atoms with Crippen LogP contribution in [-0.4, -0.2) is 6.54 Å². The van der Waals surface area contributed by atoms with Gasteiger partial charge in [-0.1, -0.05) is 43.7 Å². The Hall–Kier alpha value is -0.310. The van der Waals surface area contributed by atoms with Gasteiger partial charge < -0.3 is 5.32 Å². The van der Waals surface area contributed by atoms with Gasteiger partial charge in [0.05, 0.1) is 5.02 Å². The molecule has 1 rings (SSSR count). The van der Waals surface area contributed by atoms with Crippen LogP contribution in [-0.2, 0) is 0 Å². The zero-order valence-corrected chi connectivity index (χ0v) is 13.4. The average molecular weight is 331 g/mol. The Labute approximate surface area is 124 Å². The first-order valence-electron chi connectivity index (χ1n) is 6.43. The maximum Gasteiger partial charge on any atom is 0.0551 e. The number of halogens is 2. The van der Waals surface area contributed by atoms with Crippen molar-refractivity contribution >= 4 is 27.5 Å². The Balaban J connectivity index is 2.86. The first-order chi connectivity index (χ1) is 8.58. The first kappa shape index (κ1) is 15.7. The summed E-state index contributed by atoms with van der Waals surface area (Å²) in [5.41, 5.74) is 2.49. The monoisotopic (exact) mass is 329 g/mol. The molecule has 1 nitrogen and oxygen atoms in total. The van der Waals surface area contributed by atoms with Crippen LogP contribution in [0.5, 0.6) is 0 Å². The van der Waals surface area contributed by atoms with Crippen LogP contribution in [0.1, 0.15) is 44.7 Å². The van der Waals surface area contributed by atoms with E-state index in [1.807, 2.05) is 12.1 Å². The molecule has 1 atom stereocenters. The molecule has 0 aliphatic rings. The molecule has 0 saturated heterocycles. The first-order valence-corrected chi connectivity index (χ1v) is 7.60. The summed E-state index contributed by atoms with van der Waals surface area (Å²) in [6.07, 6.45) is 3.11. The largest absolute Gasteiger partial charge is 0.310 e. The second-order valence-corrected chi connectivity index (χ2v) is 5.75. The molecule has 1 N–H and O–H groups in total. The van der Waals surface area contributed by atoms with Gasteiger partial charge in [-0.05, 0) is 59.4 Å². The number of hydrogen-bond acceptors (Lipinski definition) is 1. The third-order valence-corrected chi connectivity index (χ3v) is 4.21. The summed E-state index contributed by atoms with van der Waals surface area (Å²) >= 11 is 9.59. The summed E-state index contributed by atoms with van der Waals surface area (Å²) in [4.78, 5) is 0. The van der Waals surface area contributed by atoms with Crippen molar-refractivity contribution in [3.63, 3.8) is 0 Å². The maximum absolute atomic E-state index is 6.17. The van der Waals surface area contributed by atoms with E-state index < -0.39 is 0 Å². The summed E-state index contributed by atoms with van der Waals surface area (Å²) in [7, 11) is 0. The van der Waals surface area contributed by atoms with Crippen molar-refractivity contribution in [3.8, 4) is 0 Å². The minimum Gasteiger partial charge on any atom is -0.310 e. The fourth-order valence-electron chi connectivity index (χ4n) is 1.79. The van der Waals surface area contributed by atoms with Crippen molar-refractivity contribution in [1.29, 1.82) is 0 Å². The number of benzene rings is 1. The van der Waals surface area contributed by atoms with E-state index in [1.165, 1.54) is 11.1 Å². The zero-order valence-electron chi connectivity index (χ0n) is 11.1. The van der Waals surface area contributed by atoms with E-state index in [1.54, 1.807) is 0 Å². The topological polar surface area (TPSA) is 12.0 Å². The quantitative estimate of drug-likeness (QED) is 0.651. The lowest BCUT2D eigenvalue weighted by Crippen LogP contribution is -2.22. The van der Waals surface area contributed by atoms with E-state index in [4.69, 9.17) is 11.6 Å². The van der Waals surface area contributed by atoms with Crippen LogP contribution in [0.3, 0.4) is 0 Å². The van der Waals surface area contributed by atoms with Crippen LogP contribution >= 0.6 is 27.5 Å². The fraction of sp³-hybridized carbons (Fsp3) is 0.467. The predicted molar refractivity (Wildman–Crippen MR) is 84.2 cm³/mol. The summed E-state index contributed by atoms with van der Waals surface area (Å²) < 4.78 is 0.941. The highest BCUT2D eigenvalue weighted by atomic mass is 79.9. The van der Waals surface area contributed by atoms with Crippen molar-refractivity contribution < 1.29 is 0 Å². The average Bonchev–Trinajstić information content (AvgIpc) is 2.37. The summed E-state index contributed by atoms with van der Waals surface area (Å²) in [6, 6.07) is 6.46. The van der Waals surface area contributed by atoms with Crippen LogP contribution in [0.15, 0.2) is 34.8 Å². The van der Waals surface area contributed by atoms with E-state index in [-0.39, 0.29) is 0 Å². The molecule has 100 valence electrons. The molecule has 0 saturated carbocycles. The third kappa shape index (κ3) is 4.75. The molecule has 1 aromatic carbocycles. The van der Waals surface area contributed by atoms with E-state index in [2.05, 4.69) is 47.7 Å². The molecule has 3 heteroatoms. The molecule has 0 bridgehead atoms. The standard InChI is InChI=1S/C15H21BrClN/c1-4-8-18-15(9-11(3)5-2)12-6-7-13(16)14(17)10-12/h6-7,10,15,18H,3-5,8-9H2,1-2H3. The molecule has 0 fully saturated rings. The molecule has 0 radical (unpaired) electrons. The van der Waals surface area contributed by atoms with Crippen molar-refractivity contribution in [2.24, 2.45) is 0 Å². The van der Waals surface area contributed by atoms with Crippen LogP contribution in [0, 0.1) is 0 Å². The molecule has 1 unspecified atom stereocenters. The fourth-order valence-corrected chi connectivity index (χ4v) is 2.22. The smallest absolute Gasteiger partial charge is 0.0551 e. The maximum atomic E-state index is 6.17. The number of hydrogen-bond donors (Lipinski definition) is 1. The second-order valence-electron chi connectivity index (χ2n) is 4.49. The van der Waals surface area contributed by atoms with E-state index in [0.29, 0.717) is 6.04 Å². The summed E-state index contributed by atoms with van der Waals surface area (Å²) in [5, 5.41) is 4.32. The van der Waals surface area contributed by atoms with Crippen molar-refractivity contribution in [2.75, 3.05) is 6.54 Å². The summed E-state index contributed by atoms with van der Waals surface area (Å²) in [5.74, 6) is 0. The molecule has 1 aromatic rings. The highest BCUT2D eigenvalue weighted by Gasteiger charge is 2.12. The highest BCUT2D eigenvalue weighted by molar-refractivity contribution is 9.10. The second kappa shape index (κ2) is 7.98. The lowest BCUT2D eigenvalue weighted by molar-refractivity contribution is 0.523. The third-order valence-electron chi connectivity index (χ3n) is 2.98. The van der Waals surface area contributed by atoms with Gasteiger partial charge in [0, 0.05) is 10.5 Å².